The Bertz CT molecular complexity index is 2180. The molecule has 3 aromatic rings. The predicted octanol–water partition coefficient (Wildman–Crippen LogP) is 2.97. The van der Waals surface area contributed by atoms with Gasteiger partial charge < -0.3 is 45.5 Å². The average molecular weight is 802 g/mol. The number of piperazine rings is 1. The molecule has 2 aliphatic rings. The molecule has 308 valence electrons. The minimum absolute atomic E-state index is 0.0259. The number of halogens is 1. The number of rotatable bonds is 14. The normalized spacial score (nSPS) is 14.9. The summed E-state index contributed by atoms with van der Waals surface area (Å²) in [6.45, 7) is 7.06. The van der Waals surface area contributed by atoms with Gasteiger partial charge in [0, 0.05) is 76.4 Å². The zero-order chi connectivity index (χ0) is 42.0. The minimum atomic E-state index is -1.39. The van der Waals surface area contributed by atoms with Crippen molar-refractivity contribution < 1.29 is 43.0 Å². The summed E-state index contributed by atoms with van der Waals surface area (Å²) < 4.78 is 22.4. The molecule has 5 N–H and O–H groups in total. The van der Waals surface area contributed by atoms with E-state index in [2.05, 4.69) is 33.1 Å². The number of aromatic carboxylic acids is 1. The largest absolute Gasteiger partial charge is 0.477 e. The minimum Gasteiger partial charge on any atom is -0.477 e. The fourth-order valence-corrected chi connectivity index (χ4v) is 6.79. The maximum atomic E-state index is 15.3. The molecule has 1 unspecified atom stereocenters. The number of hydrogen-bond acceptors (Lipinski definition) is 9. The summed E-state index contributed by atoms with van der Waals surface area (Å²) in [6.07, 6.45) is 3.00. The molecular weight excluding hydrogens is 753 g/mol. The van der Waals surface area contributed by atoms with Gasteiger partial charge in [-0.25, -0.2) is 14.0 Å². The smallest absolute Gasteiger partial charge is 0.410 e. The van der Waals surface area contributed by atoms with Crippen LogP contribution in [0.5, 0.6) is 0 Å². The van der Waals surface area contributed by atoms with E-state index in [9.17, 15) is 38.7 Å². The van der Waals surface area contributed by atoms with Crippen LogP contribution in [-0.4, -0.2) is 95.6 Å². The van der Waals surface area contributed by atoms with Crippen LogP contribution in [0.3, 0.4) is 0 Å². The summed E-state index contributed by atoms with van der Waals surface area (Å²) in [6, 6.07) is 7.89. The standard InChI is InChI=1S/C41H48FN7O9/c1-4-43-38(55)41(15-9-16-41)39(56)46-32(10-7-6-8-17-44-26(3)50)36(52)45-28-13-11-27(12-14-28)25-58-40(57)49-20-18-48(19-21-49)34-23-33-29(22-31(34)42)35(51)30(37(53)54)24-47(33)5-2/h11-14,22-24,32H,4-6,8-9,15-21,25H2,1-3H3,(H,43,55)(H,44,50)(H,45,52)(H,46,56)(H,53,54). The lowest BCUT2D eigenvalue weighted by Crippen LogP contribution is -2.58. The van der Waals surface area contributed by atoms with Gasteiger partial charge in [-0.1, -0.05) is 24.5 Å². The molecule has 1 aliphatic carbocycles. The quantitative estimate of drug-likeness (QED) is 0.0915. The third kappa shape index (κ3) is 9.92. The topological polar surface area (TPSA) is 208 Å². The lowest BCUT2D eigenvalue weighted by atomic mass is 9.67. The van der Waals surface area contributed by atoms with Gasteiger partial charge in [-0.05, 0) is 62.9 Å². The summed E-state index contributed by atoms with van der Waals surface area (Å²) in [5.41, 5.74) is -0.790. The van der Waals surface area contributed by atoms with Gasteiger partial charge in [0.15, 0.2) is 6.04 Å². The molecule has 0 spiro atoms. The predicted molar refractivity (Wildman–Crippen MR) is 212 cm³/mol. The van der Waals surface area contributed by atoms with Crippen molar-refractivity contribution in [2.24, 2.45) is 5.41 Å². The molecule has 5 rings (SSSR count). The van der Waals surface area contributed by atoms with Crippen molar-refractivity contribution in [3.63, 3.8) is 0 Å². The van der Waals surface area contributed by atoms with Crippen LogP contribution in [0.2, 0.25) is 0 Å². The highest BCUT2D eigenvalue weighted by Crippen LogP contribution is 2.41. The lowest BCUT2D eigenvalue weighted by molar-refractivity contribution is -0.150. The highest BCUT2D eigenvalue weighted by atomic mass is 19.1. The Labute approximate surface area is 334 Å². The number of ether oxygens (including phenoxy) is 1. The second-order valence-corrected chi connectivity index (χ2v) is 14.1. The van der Waals surface area contributed by atoms with E-state index >= 15 is 4.39 Å². The van der Waals surface area contributed by atoms with Crippen LogP contribution in [0.4, 0.5) is 20.6 Å². The highest BCUT2D eigenvalue weighted by Gasteiger charge is 2.51. The van der Waals surface area contributed by atoms with E-state index in [0.717, 1.165) is 6.07 Å². The van der Waals surface area contributed by atoms with Crippen LogP contribution in [0.25, 0.3) is 10.9 Å². The zero-order valence-electron chi connectivity index (χ0n) is 32.7. The molecule has 1 saturated carbocycles. The van der Waals surface area contributed by atoms with Gasteiger partial charge >= 0.3 is 12.1 Å². The molecule has 17 heteroatoms. The van der Waals surface area contributed by atoms with Gasteiger partial charge in [-0.3, -0.25) is 24.0 Å². The molecule has 2 fully saturated rings. The van der Waals surface area contributed by atoms with E-state index in [1.165, 1.54) is 24.1 Å². The van der Waals surface area contributed by atoms with Gasteiger partial charge in [0.05, 0.1) is 11.2 Å². The Balaban J connectivity index is 1.16. The van der Waals surface area contributed by atoms with Gasteiger partial charge in [-0.2, -0.15) is 0 Å². The number of amides is 5. The molecule has 0 radical (unpaired) electrons. The number of carbonyl (C=O) groups excluding carboxylic acids is 5. The van der Waals surface area contributed by atoms with Crippen molar-refractivity contribution in [2.75, 3.05) is 49.5 Å². The summed E-state index contributed by atoms with van der Waals surface area (Å²) in [5, 5.41) is 20.2. The van der Waals surface area contributed by atoms with E-state index in [4.69, 9.17) is 4.74 Å². The van der Waals surface area contributed by atoms with Gasteiger partial charge in [0.2, 0.25) is 23.2 Å². The number of fused-ring (bicyclic) bond motifs is 1. The maximum absolute atomic E-state index is 15.3. The number of hydrogen-bond donors (Lipinski definition) is 5. The number of anilines is 2. The number of pyridine rings is 1. The van der Waals surface area contributed by atoms with Crippen LogP contribution < -0.4 is 31.6 Å². The third-order valence-corrected chi connectivity index (χ3v) is 10.2. The number of benzene rings is 2. The van der Waals surface area contributed by atoms with Crippen LogP contribution in [0.1, 0.15) is 68.8 Å². The Morgan fingerprint density at radius 2 is 1.69 bits per heavy atom. The molecule has 1 saturated heterocycles. The number of carbonyl (C=O) groups is 6. The van der Waals surface area contributed by atoms with Crippen LogP contribution in [0, 0.1) is 23.1 Å². The molecular formula is C41H48FN7O9. The monoisotopic (exact) mass is 801 g/mol. The Kier molecular flexibility index (Phi) is 14.1. The Hall–Kier alpha value is -6.44. The number of aromatic nitrogens is 1. The number of carboxylic acids is 1. The molecule has 16 nitrogen and oxygen atoms in total. The Morgan fingerprint density at radius 1 is 0.983 bits per heavy atom. The zero-order valence-corrected chi connectivity index (χ0v) is 32.7. The molecule has 58 heavy (non-hydrogen) atoms. The van der Waals surface area contributed by atoms with Gasteiger partial charge in [0.25, 0.3) is 5.91 Å². The van der Waals surface area contributed by atoms with E-state index in [-0.39, 0.29) is 55.7 Å². The summed E-state index contributed by atoms with van der Waals surface area (Å²) >= 11 is 0. The number of carboxylic acid groups (broad SMARTS) is 1. The number of aryl methyl sites for hydroxylation is 1. The van der Waals surface area contributed by atoms with E-state index < -0.39 is 52.1 Å². The lowest BCUT2D eigenvalue weighted by Gasteiger charge is -2.38. The third-order valence-electron chi connectivity index (χ3n) is 10.2. The molecule has 1 aliphatic heterocycles. The number of unbranched alkanes of at least 4 members (excludes halogenated alkanes) is 1. The molecule has 5 amide bonds. The summed E-state index contributed by atoms with van der Waals surface area (Å²) in [5.74, 6) is 1.90. The van der Waals surface area contributed by atoms with E-state index in [1.54, 1.807) is 47.6 Å². The second-order valence-electron chi connectivity index (χ2n) is 14.1. The van der Waals surface area contributed by atoms with Crippen molar-refractivity contribution in [3.8, 4) is 11.8 Å². The van der Waals surface area contributed by atoms with Crippen LogP contribution in [-0.2, 0) is 37.1 Å². The molecule has 2 heterocycles. The first kappa shape index (κ1) is 42.7. The first-order valence-electron chi connectivity index (χ1n) is 19.3. The Morgan fingerprint density at radius 3 is 2.29 bits per heavy atom. The van der Waals surface area contributed by atoms with E-state index in [0.29, 0.717) is 68.5 Å². The second kappa shape index (κ2) is 19.1. The van der Waals surface area contributed by atoms with Gasteiger partial charge in [0.1, 0.15) is 23.4 Å². The van der Waals surface area contributed by atoms with Crippen LogP contribution >= 0.6 is 0 Å². The summed E-state index contributed by atoms with van der Waals surface area (Å²) in [7, 11) is 0. The van der Waals surface area contributed by atoms with Crippen molar-refractivity contribution in [2.45, 2.75) is 72.1 Å². The molecule has 0 bridgehead atoms. The van der Waals surface area contributed by atoms with Crippen molar-refractivity contribution >= 4 is 58.0 Å². The average Bonchev–Trinajstić information content (AvgIpc) is 3.18. The van der Waals surface area contributed by atoms with E-state index in [1.807, 2.05) is 0 Å². The maximum Gasteiger partial charge on any atom is 0.410 e. The molecule has 1 aromatic heterocycles. The fraction of sp³-hybridized carbons (Fsp3) is 0.439. The highest BCUT2D eigenvalue weighted by molar-refractivity contribution is 6.08. The fourth-order valence-electron chi connectivity index (χ4n) is 6.79. The SMILES string of the molecule is CCNC(=O)C1(C(=O)NC(C#CCCCNC(C)=O)C(=O)Nc2ccc(COC(=O)N3CCN(c4cc5c(cc4F)c(=O)c(C(=O)O)cn5CC)CC3)cc2)CCC1. The first-order chi connectivity index (χ1) is 27.8. The summed E-state index contributed by atoms with van der Waals surface area (Å²) in [4.78, 5) is 91.2. The molecule has 2 aromatic carbocycles. The first-order valence-corrected chi connectivity index (χ1v) is 19.3. The number of nitrogens with zero attached hydrogens (tertiary/aromatic N) is 3. The van der Waals surface area contributed by atoms with Crippen molar-refractivity contribution in [1.82, 2.24) is 25.4 Å². The molecule has 1 atom stereocenters. The van der Waals surface area contributed by atoms with Crippen molar-refractivity contribution in [1.29, 1.82) is 0 Å². The number of nitrogens with one attached hydrogen (secondary N) is 4. The van der Waals surface area contributed by atoms with Gasteiger partial charge in [-0.15, -0.1) is 5.92 Å². The van der Waals surface area contributed by atoms with Crippen molar-refractivity contribution in [3.05, 3.63) is 69.8 Å². The van der Waals surface area contributed by atoms with Crippen LogP contribution in [0.15, 0.2) is 47.4 Å².